The van der Waals surface area contributed by atoms with Crippen molar-refractivity contribution in [3.05, 3.63) is 70.6 Å². The normalized spacial score (nSPS) is 14.5. The van der Waals surface area contributed by atoms with E-state index in [1.807, 2.05) is 54.3 Å². The highest BCUT2D eigenvalue weighted by molar-refractivity contribution is 5.89. The number of anilines is 1. The lowest BCUT2D eigenvalue weighted by Crippen LogP contribution is -2.50. The Morgan fingerprint density at radius 1 is 1.06 bits per heavy atom. The first-order valence-corrected chi connectivity index (χ1v) is 10.5. The minimum atomic E-state index is -0.360. The highest BCUT2D eigenvalue weighted by atomic mass is 16.5. The van der Waals surface area contributed by atoms with Crippen LogP contribution in [0.4, 0.5) is 5.69 Å². The molecule has 1 aromatic heterocycles. The summed E-state index contributed by atoms with van der Waals surface area (Å²) in [6.45, 7) is 6.60. The molecule has 2 heterocycles. The summed E-state index contributed by atoms with van der Waals surface area (Å²) in [7, 11) is 0. The summed E-state index contributed by atoms with van der Waals surface area (Å²) in [5.41, 5.74) is 2.12. The quantitative estimate of drug-likeness (QED) is 0.592. The van der Waals surface area contributed by atoms with E-state index in [0.29, 0.717) is 25.2 Å². The van der Waals surface area contributed by atoms with Crippen LogP contribution in [-0.2, 0) is 4.79 Å². The fourth-order valence-electron chi connectivity index (χ4n) is 3.77. The van der Waals surface area contributed by atoms with E-state index in [2.05, 4.69) is 10.2 Å². The molecule has 0 saturated carbocycles. The van der Waals surface area contributed by atoms with E-state index in [9.17, 15) is 9.59 Å². The summed E-state index contributed by atoms with van der Waals surface area (Å²) in [6, 6.07) is 16.7. The van der Waals surface area contributed by atoms with Crippen LogP contribution in [0.5, 0.6) is 5.75 Å². The van der Waals surface area contributed by atoms with Gasteiger partial charge in [-0.3, -0.25) is 9.69 Å². The fourth-order valence-corrected chi connectivity index (χ4v) is 3.77. The highest BCUT2D eigenvalue weighted by Crippen LogP contribution is 2.20. The Hall–Kier alpha value is -3.32. The molecular weight excluding hydrogens is 394 g/mol. The zero-order valence-corrected chi connectivity index (χ0v) is 17.7. The second-order valence-electron chi connectivity index (χ2n) is 7.73. The number of nitrogens with zero attached hydrogens (tertiary/aromatic N) is 2. The van der Waals surface area contributed by atoms with Crippen LogP contribution in [-0.4, -0.2) is 61.6 Å². The molecule has 162 valence electrons. The van der Waals surface area contributed by atoms with Crippen LogP contribution in [0.15, 0.2) is 63.8 Å². The van der Waals surface area contributed by atoms with Crippen LogP contribution >= 0.6 is 0 Å². The predicted molar refractivity (Wildman–Crippen MR) is 121 cm³/mol. The van der Waals surface area contributed by atoms with Crippen LogP contribution in [0.1, 0.15) is 5.56 Å². The van der Waals surface area contributed by atoms with Crippen molar-refractivity contribution >= 4 is 22.6 Å². The third kappa shape index (κ3) is 5.44. The van der Waals surface area contributed by atoms with E-state index in [-0.39, 0.29) is 18.1 Å². The van der Waals surface area contributed by atoms with Gasteiger partial charge in [0.15, 0.2) is 6.61 Å². The van der Waals surface area contributed by atoms with E-state index in [4.69, 9.17) is 9.15 Å². The van der Waals surface area contributed by atoms with Crippen molar-refractivity contribution in [2.45, 2.75) is 6.92 Å². The van der Waals surface area contributed by atoms with Gasteiger partial charge in [-0.05, 0) is 36.8 Å². The molecule has 1 N–H and O–H groups in total. The van der Waals surface area contributed by atoms with Crippen molar-refractivity contribution in [3.8, 4) is 5.75 Å². The van der Waals surface area contributed by atoms with Crippen molar-refractivity contribution in [1.82, 2.24) is 9.80 Å². The molecule has 1 fully saturated rings. The summed E-state index contributed by atoms with van der Waals surface area (Å²) < 4.78 is 10.9. The van der Waals surface area contributed by atoms with Gasteiger partial charge in [0.2, 0.25) is 0 Å². The number of para-hydroxylation sites is 1. The van der Waals surface area contributed by atoms with E-state index < -0.39 is 0 Å². The minimum absolute atomic E-state index is 0.0155. The molecule has 4 rings (SSSR count). The number of hydrogen-bond donors (Lipinski definition) is 1. The predicted octanol–water partition coefficient (Wildman–Crippen LogP) is 2.74. The van der Waals surface area contributed by atoms with E-state index in [1.54, 1.807) is 6.07 Å². The van der Waals surface area contributed by atoms with Gasteiger partial charge in [0, 0.05) is 50.7 Å². The molecule has 3 aromatic rings. The number of rotatable bonds is 7. The number of ether oxygens (including phenoxy) is 1. The van der Waals surface area contributed by atoms with E-state index in [0.717, 1.165) is 42.0 Å². The molecule has 0 radical (unpaired) electrons. The van der Waals surface area contributed by atoms with Gasteiger partial charge in [0.1, 0.15) is 11.3 Å². The second-order valence-corrected chi connectivity index (χ2v) is 7.73. The second kappa shape index (κ2) is 9.66. The Kier molecular flexibility index (Phi) is 6.52. The number of carbonyl (C=O) groups is 1. The van der Waals surface area contributed by atoms with Gasteiger partial charge >= 0.3 is 5.63 Å². The maximum absolute atomic E-state index is 12.5. The maximum atomic E-state index is 12.5. The largest absolute Gasteiger partial charge is 0.484 e. The zero-order chi connectivity index (χ0) is 21.6. The fraction of sp³-hybridized carbons (Fsp3) is 0.333. The smallest absolute Gasteiger partial charge is 0.338 e. The van der Waals surface area contributed by atoms with E-state index >= 15 is 0 Å². The Bertz CT molecular complexity index is 1100. The summed E-state index contributed by atoms with van der Waals surface area (Å²) in [5, 5.41) is 4.25. The number of fused-ring (bicyclic) bond motifs is 1. The number of nitrogens with one attached hydrogen (secondary N) is 1. The van der Waals surface area contributed by atoms with Crippen molar-refractivity contribution in [1.29, 1.82) is 0 Å². The van der Waals surface area contributed by atoms with Gasteiger partial charge < -0.3 is 19.4 Å². The van der Waals surface area contributed by atoms with Crippen molar-refractivity contribution in [3.63, 3.8) is 0 Å². The maximum Gasteiger partial charge on any atom is 0.338 e. The standard InChI is InChI=1S/C24H27N3O4/c1-18-5-4-6-19(15-18)30-17-23(28)27-13-11-26(12-14-27)10-9-25-21-16-24(29)31-22-8-3-2-7-20(21)22/h2-8,15-16,25H,9-14,17H2,1H3. The number of aryl methyl sites for hydroxylation is 1. The number of benzene rings is 2. The van der Waals surface area contributed by atoms with Crippen molar-refractivity contribution < 1.29 is 13.9 Å². The Morgan fingerprint density at radius 3 is 2.68 bits per heavy atom. The van der Waals surface area contributed by atoms with Crippen LogP contribution in [0.3, 0.4) is 0 Å². The van der Waals surface area contributed by atoms with Crippen LogP contribution in [0.2, 0.25) is 0 Å². The molecule has 0 spiro atoms. The average Bonchev–Trinajstić information content (AvgIpc) is 2.78. The number of piperazine rings is 1. The highest BCUT2D eigenvalue weighted by Gasteiger charge is 2.21. The lowest BCUT2D eigenvalue weighted by Gasteiger charge is -2.34. The molecule has 2 aromatic carbocycles. The Morgan fingerprint density at radius 2 is 1.87 bits per heavy atom. The minimum Gasteiger partial charge on any atom is -0.484 e. The molecular formula is C24H27N3O4. The van der Waals surface area contributed by atoms with Gasteiger partial charge in [-0.25, -0.2) is 4.79 Å². The van der Waals surface area contributed by atoms with Crippen molar-refractivity contribution in [2.75, 3.05) is 51.2 Å². The number of amides is 1. The molecule has 1 amide bonds. The number of carbonyl (C=O) groups excluding carboxylic acids is 1. The van der Waals surface area contributed by atoms with Crippen LogP contribution < -0.4 is 15.7 Å². The molecule has 0 atom stereocenters. The summed E-state index contributed by atoms with van der Waals surface area (Å²) in [6.07, 6.45) is 0. The SMILES string of the molecule is Cc1cccc(OCC(=O)N2CCN(CCNc3cc(=O)oc4ccccc34)CC2)c1. The first-order chi connectivity index (χ1) is 15.1. The molecule has 1 saturated heterocycles. The van der Waals surface area contributed by atoms with Crippen molar-refractivity contribution in [2.24, 2.45) is 0 Å². The van der Waals surface area contributed by atoms with E-state index in [1.165, 1.54) is 6.07 Å². The van der Waals surface area contributed by atoms with Gasteiger partial charge in [0.25, 0.3) is 5.91 Å². The lowest BCUT2D eigenvalue weighted by molar-refractivity contribution is -0.135. The monoisotopic (exact) mass is 421 g/mol. The van der Waals surface area contributed by atoms with Crippen LogP contribution in [0.25, 0.3) is 11.0 Å². The van der Waals surface area contributed by atoms with Gasteiger partial charge in [-0.1, -0.05) is 24.3 Å². The van der Waals surface area contributed by atoms with Gasteiger partial charge in [0.05, 0.1) is 5.69 Å². The topological polar surface area (TPSA) is 75.0 Å². The molecule has 31 heavy (non-hydrogen) atoms. The summed E-state index contributed by atoms with van der Waals surface area (Å²) in [4.78, 5) is 28.4. The Balaban J connectivity index is 1.22. The van der Waals surface area contributed by atoms with Gasteiger partial charge in [-0.15, -0.1) is 0 Å². The van der Waals surface area contributed by atoms with Gasteiger partial charge in [-0.2, -0.15) is 0 Å². The molecule has 0 bridgehead atoms. The molecule has 7 heteroatoms. The first-order valence-electron chi connectivity index (χ1n) is 10.5. The third-order valence-electron chi connectivity index (χ3n) is 5.47. The van der Waals surface area contributed by atoms with Crippen LogP contribution in [0, 0.1) is 6.92 Å². The zero-order valence-electron chi connectivity index (χ0n) is 17.7. The molecule has 1 aliphatic rings. The summed E-state index contributed by atoms with van der Waals surface area (Å²) >= 11 is 0. The lowest BCUT2D eigenvalue weighted by atomic mass is 10.2. The molecule has 0 aliphatic carbocycles. The Labute approximate surface area is 181 Å². The summed E-state index contributed by atoms with van der Waals surface area (Å²) in [5.74, 6) is 0.738. The first kappa shape index (κ1) is 20.9. The molecule has 1 aliphatic heterocycles. The number of hydrogen-bond acceptors (Lipinski definition) is 6. The molecule has 7 nitrogen and oxygen atoms in total. The molecule has 0 unspecified atom stereocenters. The third-order valence-corrected chi connectivity index (χ3v) is 5.47. The average molecular weight is 421 g/mol.